The van der Waals surface area contributed by atoms with Gasteiger partial charge >= 0.3 is 23.9 Å². The van der Waals surface area contributed by atoms with Crippen LogP contribution >= 0.6 is 0 Å². The van der Waals surface area contributed by atoms with E-state index in [-0.39, 0.29) is 36.5 Å². The predicted molar refractivity (Wildman–Crippen MR) is 327 cm³/mol. The molecule has 9 fully saturated rings. The van der Waals surface area contributed by atoms with Crippen LogP contribution in [0.15, 0.2) is 11.6 Å². The minimum atomic E-state index is -1.96. The lowest BCUT2D eigenvalue weighted by molar-refractivity contribution is -0.380. The van der Waals surface area contributed by atoms with Crippen molar-refractivity contribution in [3.8, 4) is 0 Å². The summed E-state index contributed by atoms with van der Waals surface area (Å²) in [4.78, 5) is 55.0. The van der Waals surface area contributed by atoms with Crippen LogP contribution in [0.2, 0.25) is 0 Å². The maximum atomic E-state index is 16.1. The lowest BCUT2D eigenvalue weighted by Gasteiger charge is -2.72. The van der Waals surface area contributed by atoms with Crippen LogP contribution in [-0.4, -0.2) is 275 Å². The summed E-state index contributed by atoms with van der Waals surface area (Å²) in [5.74, 6) is -4.74. The van der Waals surface area contributed by atoms with E-state index in [4.69, 9.17) is 61.6 Å². The average molecular weight is 1390 g/mol. The molecule has 10 rings (SSSR count). The van der Waals surface area contributed by atoms with Crippen LogP contribution in [0.25, 0.3) is 0 Å². The van der Waals surface area contributed by atoms with Crippen molar-refractivity contribution >= 4 is 23.9 Å². The molecule has 0 spiro atoms. The second-order valence-corrected chi connectivity index (χ2v) is 31.4. The smallest absolute Gasteiger partial charge is 0.317 e. The van der Waals surface area contributed by atoms with Crippen molar-refractivity contribution in [2.24, 2.45) is 50.2 Å². The second-order valence-electron chi connectivity index (χ2n) is 31.4. The lowest BCUT2D eigenvalue weighted by atomic mass is 9.33. The zero-order chi connectivity index (χ0) is 71.5. The Kier molecular flexibility index (Phi) is 22.4. The van der Waals surface area contributed by atoms with Gasteiger partial charge in [-0.25, -0.2) is 0 Å². The maximum Gasteiger partial charge on any atom is 0.317 e. The molecule has 97 heavy (non-hydrogen) atoms. The van der Waals surface area contributed by atoms with Crippen LogP contribution in [0.4, 0.5) is 0 Å². The molecule has 5 heterocycles. The molecular weight excluding hydrogens is 1280 g/mol. The second kappa shape index (κ2) is 28.4. The molecule has 0 aromatic heterocycles. The molecular formula is C67H106O30. The van der Waals surface area contributed by atoms with Crippen molar-refractivity contribution < 1.29 is 147 Å². The van der Waals surface area contributed by atoms with Gasteiger partial charge in [0.05, 0.1) is 62.4 Å². The number of esters is 4. The van der Waals surface area contributed by atoms with Gasteiger partial charge in [-0.05, 0) is 125 Å². The monoisotopic (exact) mass is 1390 g/mol. The quantitative estimate of drug-likeness (QED) is 0.0378. The third-order valence-electron chi connectivity index (χ3n) is 24.4. The molecule has 36 atom stereocenters. The fourth-order valence-electron chi connectivity index (χ4n) is 19.0. The molecule has 30 nitrogen and oxygen atoms in total. The first-order valence-electron chi connectivity index (χ1n) is 34.3. The number of rotatable bonds is 16. The number of carbonyl (C=O) groups is 4. The van der Waals surface area contributed by atoms with Crippen molar-refractivity contribution in [2.75, 3.05) is 13.2 Å². The highest BCUT2D eigenvalue weighted by Crippen LogP contribution is 2.76. The van der Waals surface area contributed by atoms with E-state index in [2.05, 4.69) is 40.7 Å². The highest BCUT2D eigenvalue weighted by Gasteiger charge is 2.73. The number of fused-ring (bicyclic) bond motifs is 7. The van der Waals surface area contributed by atoms with Crippen molar-refractivity contribution in [2.45, 2.75) is 320 Å². The van der Waals surface area contributed by atoms with Gasteiger partial charge in [-0.15, -0.1) is 0 Å². The fraction of sp³-hybridized carbons (Fsp3) is 0.910. The van der Waals surface area contributed by atoms with E-state index < -0.39 is 248 Å². The number of ether oxygens (including phenoxy) is 13. The number of carbonyl (C=O) groups excluding carboxylic acids is 4. The van der Waals surface area contributed by atoms with Crippen molar-refractivity contribution in [1.29, 1.82) is 0 Å². The first-order valence-corrected chi connectivity index (χ1v) is 34.3. The van der Waals surface area contributed by atoms with Gasteiger partial charge in [0.25, 0.3) is 0 Å². The van der Waals surface area contributed by atoms with E-state index >= 15 is 4.79 Å². The summed E-state index contributed by atoms with van der Waals surface area (Å²) in [5.41, 5.74) is -4.32. The third-order valence-corrected chi connectivity index (χ3v) is 24.4. The molecule has 5 saturated heterocycles. The summed E-state index contributed by atoms with van der Waals surface area (Å²) >= 11 is 0. The number of hydrogen-bond donors (Lipinski definition) is 13. The van der Waals surface area contributed by atoms with Crippen molar-refractivity contribution in [1.82, 2.24) is 0 Å². The average Bonchev–Trinajstić information content (AvgIpc) is 0.670. The van der Waals surface area contributed by atoms with E-state index in [9.17, 15) is 80.8 Å². The van der Waals surface area contributed by atoms with Gasteiger partial charge in [0.1, 0.15) is 84.8 Å². The van der Waals surface area contributed by atoms with Gasteiger partial charge in [-0.1, -0.05) is 53.2 Å². The van der Waals surface area contributed by atoms with Crippen LogP contribution in [0, 0.1) is 50.2 Å². The van der Waals surface area contributed by atoms with Crippen LogP contribution in [-0.2, 0) is 80.8 Å². The van der Waals surface area contributed by atoms with Crippen LogP contribution in [0.5, 0.6) is 0 Å². The van der Waals surface area contributed by atoms with Gasteiger partial charge in [0.2, 0.25) is 6.29 Å². The number of allylic oxidation sites excluding steroid dienone is 2. The first kappa shape index (κ1) is 76.4. The molecule has 13 N–H and O–H groups in total. The van der Waals surface area contributed by atoms with E-state index in [1.54, 1.807) is 0 Å². The van der Waals surface area contributed by atoms with Gasteiger partial charge in [-0.2, -0.15) is 0 Å². The number of aliphatic hydroxyl groups excluding tert-OH is 13. The Morgan fingerprint density at radius 2 is 1.12 bits per heavy atom. The lowest BCUT2D eigenvalue weighted by Crippen LogP contribution is -2.70. The SMILES string of the molecule is CC(=O)O[C@H]1[C@H](O[C@H]2[C@H](OC(=O)[C@]34CCC(C)(C)C[C@H]3C3=CC[C@@H]5[C@@]6(C)C[C@H](O)[C@H](O[C@@H]7O[C@@H](C)[C@H](O)[C@@H](O)[C@H]7O)[C@@](C)(CO)[C@@H]6CC[C@@]5(C)[C@]3(C)C[C@H]4O)O[C@H](C)[C@H](O)[C@@H]2OC(=O)C[C@H](C)OC(C)=O)O[C@@H](C)[C@H](O[C@@H]2OC[C@@H](O)[C@H](O[C@@H]3O[C@@H](C)[C@H](O)[C@@H](O)[C@H]3O)[C@H]2O)[C@H]1O. The third kappa shape index (κ3) is 13.6. The Morgan fingerprint density at radius 1 is 0.546 bits per heavy atom. The maximum absolute atomic E-state index is 16.1. The Hall–Kier alpha value is -3.26. The topological polar surface area (TPSA) is 451 Å². The summed E-state index contributed by atoms with van der Waals surface area (Å²) in [6, 6.07) is 0. The van der Waals surface area contributed by atoms with Gasteiger partial charge in [0, 0.05) is 19.3 Å². The summed E-state index contributed by atoms with van der Waals surface area (Å²) in [5, 5.41) is 147. The molecule has 0 unspecified atom stereocenters. The normalized spacial score (nSPS) is 51.5. The molecule has 0 bridgehead atoms. The minimum absolute atomic E-state index is 0.0669. The molecule has 4 saturated carbocycles. The zero-order valence-corrected chi connectivity index (χ0v) is 57.5. The Balaban J connectivity index is 0.941. The van der Waals surface area contributed by atoms with E-state index in [0.717, 1.165) is 19.4 Å². The highest BCUT2D eigenvalue weighted by molar-refractivity contribution is 5.80. The summed E-state index contributed by atoms with van der Waals surface area (Å²) in [6.07, 6.45) is -39.2. The first-order chi connectivity index (χ1) is 45.2. The minimum Gasteiger partial charge on any atom is -0.462 e. The molecule has 0 aromatic carbocycles. The van der Waals surface area contributed by atoms with E-state index in [0.29, 0.717) is 32.1 Å². The Bertz CT molecular complexity index is 2850. The Labute approximate surface area is 564 Å². The van der Waals surface area contributed by atoms with Gasteiger partial charge in [0.15, 0.2) is 43.5 Å². The fourth-order valence-corrected chi connectivity index (χ4v) is 19.0. The molecule has 554 valence electrons. The summed E-state index contributed by atoms with van der Waals surface area (Å²) in [7, 11) is 0. The van der Waals surface area contributed by atoms with Crippen molar-refractivity contribution in [3.05, 3.63) is 11.6 Å². The molecule has 10 aliphatic rings. The molecule has 0 amide bonds. The number of hydrogen-bond acceptors (Lipinski definition) is 30. The molecule has 0 aromatic rings. The molecule has 5 aliphatic carbocycles. The van der Waals surface area contributed by atoms with Crippen LogP contribution < -0.4 is 0 Å². The summed E-state index contributed by atoms with van der Waals surface area (Å²) < 4.78 is 78.1. The van der Waals surface area contributed by atoms with E-state index in [1.807, 2.05) is 6.92 Å². The molecule has 0 radical (unpaired) electrons. The number of aliphatic hydroxyl groups is 13. The van der Waals surface area contributed by atoms with Crippen molar-refractivity contribution in [3.63, 3.8) is 0 Å². The molecule has 5 aliphatic heterocycles. The van der Waals surface area contributed by atoms with Gasteiger partial charge in [-0.3, -0.25) is 19.2 Å². The van der Waals surface area contributed by atoms with Crippen LogP contribution in [0.3, 0.4) is 0 Å². The van der Waals surface area contributed by atoms with Gasteiger partial charge < -0.3 is 128 Å². The van der Waals surface area contributed by atoms with E-state index in [1.165, 1.54) is 34.6 Å². The molecule has 30 heteroatoms. The Morgan fingerprint density at radius 3 is 1.73 bits per heavy atom. The van der Waals surface area contributed by atoms with Crippen LogP contribution in [0.1, 0.15) is 148 Å². The zero-order valence-electron chi connectivity index (χ0n) is 57.5. The predicted octanol–water partition coefficient (Wildman–Crippen LogP) is -1.08. The summed E-state index contributed by atoms with van der Waals surface area (Å²) in [6.45, 7) is 20.9. The largest absolute Gasteiger partial charge is 0.462 e. The highest BCUT2D eigenvalue weighted by atomic mass is 16.8. The standard InChI is InChI=1S/C67H106O30/c1-26(86-31(6)69)20-40(74)92-52-43(77)29(4)89-60(54(52)95-59-53(91-32(7)70)48(82)50(30(5)90-59)93-56-49(83)51(36(72)24-85-56)94-57-46(80)44(78)41(75)27(2)87-57)97-61(84)67-19-18-62(8,9)21-34(67)33-14-15-38-63(10)22-35(71)55(96-58-47(81)45(79)42(76)28(3)88-58)64(11,25-68)37(63)16-17-65(38,12)66(33,13)23-39(67)73/h14,26-30,34-39,41-60,68,71-73,75-83H,15-25H2,1-13H3/t26-,27-,28-,29+,30-,34-,35-,36+,37+,38+,39+,41-,42-,43-,44+,45+,46+,47+,48+,49+,50-,51-,52-,53+,54+,55-,56-,57-,58-,59-,60-,63-,64-,65+,66+,67+/m0/s1.